The number of rotatable bonds is 6. The average molecular weight is 359 g/mol. The standard InChI is InChI=1S/C20H29N3O3/c1-26-19(25)7-4-12-22-13-5-9-20(15-22)10-8-18(24)23(16-20)14-17-6-2-3-11-21-17/h2-3,6,11H,4-5,7-10,12-16H2,1H3/t20-/m1/s1. The highest BCUT2D eigenvalue weighted by Gasteiger charge is 2.41. The van der Waals surface area contributed by atoms with Crippen molar-refractivity contribution in [3.05, 3.63) is 30.1 Å². The van der Waals surface area contributed by atoms with Crippen LogP contribution < -0.4 is 0 Å². The second kappa shape index (κ2) is 8.62. The number of pyridine rings is 1. The van der Waals surface area contributed by atoms with Gasteiger partial charge in [-0.2, -0.15) is 0 Å². The molecule has 1 aromatic rings. The third-order valence-corrected chi connectivity index (χ3v) is 5.65. The molecule has 3 rings (SSSR count). The van der Waals surface area contributed by atoms with Crippen molar-refractivity contribution in [2.24, 2.45) is 5.41 Å². The van der Waals surface area contributed by atoms with Crippen molar-refractivity contribution in [3.63, 3.8) is 0 Å². The number of nitrogens with zero attached hydrogens (tertiary/aromatic N) is 3. The van der Waals surface area contributed by atoms with Gasteiger partial charge in [-0.25, -0.2) is 0 Å². The lowest BCUT2D eigenvalue weighted by molar-refractivity contribution is -0.142. The maximum atomic E-state index is 12.4. The molecule has 1 aromatic heterocycles. The molecule has 2 fully saturated rings. The van der Waals surface area contributed by atoms with Crippen molar-refractivity contribution in [2.45, 2.75) is 45.1 Å². The highest BCUT2D eigenvalue weighted by Crippen LogP contribution is 2.39. The molecule has 0 aliphatic carbocycles. The predicted octanol–water partition coefficient (Wildman–Crippen LogP) is 2.24. The minimum atomic E-state index is -0.137. The molecule has 2 aliphatic heterocycles. The maximum Gasteiger partial charge on any atom is 0.305 e. The van der Waals surface area contributed by atoms with E-state index in [1.54, 1.807) is 6.20 Å². The number of ether oxygens (including phenoxy) is 1. The van der Waals surface area contributed by atoms with E-state index in [1.165, 1.54) is 13.5 Å². The SMILES string of the molecule is COC(=O)CCCN1CCC[C@@]2(CCC(=O)N(Cc3ccccn3)C2)C1. The van der Waals surface area contributed by atoms with Gasteiger partial charge in [0.25, 0.3) is 0 Å². The van der Waals surface area contributed by atoms with E-state index >= 15 is 0 Å². The molecule has 6 heteroatoms. The quantitative estimate of drug-likeness (QED) is 0.729. The Labute approximate surface area is 155 Å². The molecule has 1 amide bonds. The Kier molecular flexibility index (Phi) is 6.25. The number of esters is 1. The number of piperidine rings is 2. The Morgan fingerprint density at radius 1 is 1.31 bits per heavy atom. The second-order valence-electron chi connectivity index (χ2n) is 7.63. The van der Waals surface area contributed by atoms with E-state index in [4.69, 9.17) is 4.74 Å². The van der Waals surface area contributed by atoms with E-state index in [-0.39, 0.29) is 17.3 Å². The van der Waals surface area contributed by atoms with Crippen molar-refractivity contribution in [1.82, 2.24) is 14.8 Å². The summed E-state index contributed by atoms with van der Waals surface area (Å²) in [5, 5.41) is 0. The van der Waals surface area contributed by atoms with Crippen LogP contribution in [0.2, 0.25) is 0 Å². The second-order valence-corrected chi connectivity index (χ2v) is 7.63. The molecule has 6 nitrogen and oxygen atoms in total. The molecule has 1 atom stereocenters. The number of methoxy groups -OCH3 is 1. The van der Waals surface area contributed by atoms with Crippen molar-refractivity contribution in [1.29, 1.82) is 0 Å². The van der Waals surface area contributed by atoms with E-state index in [0.717, 1.165) is 51.1 Å². The van der Waals surface area contributed by atoms with Crippen molar-refractivity contribution in [2.75, 3.05) is 33.3 Å². The van der Waals surface area contributed by atoms with E-state index in [1.807, 2.05) is 23.1 Å². The van der Waals surface area contributed by atoms with Crippen LogP contribution >= 0.6 is 0 Å². The zero-order chi connectivity index (χ0) is 18.4. The zero-order valence-corrected chi connectivity index (χ0v) is 15.7. The molecule has 0 saturated carbocycles. The monoisotopic (exact) mass is 359 g/mol. The highest BCUT2D eigenvalue weighted by atomic mass is 16.5. The van der Waals surface area contributed by atoms with E-state index < -0.39 is 0 Å². The maximum absolute atomic E-state index is 12.4. The Bertz CT molecular complexity index is 622. The summed E-state index contributed by atoms with van der Waals surface area (Å²) in [6.45, 7) is 4.43. The molecular weight excluding hydrogens is 330 g/mol. The summed E-state index contributed by atoms with van der Waals surface area (Å²) in [7, 11) is 1.44. The lowest BCUT2D eigenvalue weighted by Crippen LogP contribution is -2.53. The molecule has 0 radical (unpaired) electrons. The number of carbonyl (C=O) groups excluding carboxylic acids is 2. The van der Waals surface area contributed by atoms with Gasteiger partial charge in [-0.15, -0.1) is 0 Å². The normalized spacial score (nSPS) is 24.0. The molecule has 0 N–H and O–H groups in total. The van der Waals surface area contributed by atoms with Crippen LogP contribution in [0.1, 0.15) is 44.2 Å². The third kappa shape index (κ3) is 4.81. The Morgan fingerprint density at radius 2 is 2.19 bits per heavy atom. The minimum absolute atomic E-state index is 0.137. The first kappa shape index (κ1) is 18.8. The number of hydrogen-bond donors (Lipinski definition) is 0. The lowest BCUT2D eigenvalue weighted by Gasteiger charge is -2.48. The predicted molar refractivity (Wildman–Crippen MR) is 98.2 cm³/mol. The van der Waals surface area contributed by atoms with Gasteiger partial charge in [0.15, 0.2) is 0 Å². The number of carbonyl (C=O) groups is 2. The number of amides is 1. The third-order valence-electron chi connectivity index (χ3n) is 5.65. The van der Waals surface area contributed by atoms with Crippen LogP contribution in [0.15, 0.2) is 24.4 Å². The lowest BCUT2D eigenvalue weighted by atomic mass is 9.73. The molecule has 0 aromatic carbocycles. The smallest absolute Gasteiger partial charge is 0.305 e. The van der Waals surface area contributed by atoms with Gasteiger partial charge in [-0.05, 0) is 50.9 Å². The molecule has 26 heavy (non-hydrogen) atoms. The fourth-order valence-electron chi connectivity index (χ4n) is 4.32. The van der Waals surface area contributed by atoms with Gasteiger partial charge in [0.2, 0.25) is 5.91 Å². The Balaban J connectivity index is 1.57. The number of likely N-dealkylation sites (tertiary alicyclic amines) is 2. The molecule has 2 aliphatic rings. The summed E-state index contributed by atoms with van der Waals surface area (Å²) >= 11 is 0. The first-order valence-electron chi connectivity index (χ1n) is 9.57. The number of aromatic nitrogens is 1. The van der Waals surface area contributed by atoms with Crippen LogP contribution in [0.3, 0.4) is 0 Å². The number of hydrogen-bond acceptors (Lipinski definition) is 5. The first-order chi connectivity index (χ1) is 12.6. The molecule has 3 heterocycles. The summed E-state index contributed by atoms with van der Waals surface area (Å²) < 4.78 is 4.72. The molecule has 0 unspecified atom stereocenters. The van der Waals surface area contributed by atoms with Gasteiger partial charge >= 0.3 is 5.97 Å². The summed E-state index contributed by atoms with van der Waals surface area (Å²) in [5.74, 6) is 0.102. The largest absolute Gasteiger partial charge is 0.469 e. The highest BCUT2D eigenvalue weighted by molar-refractivity contribution is 5.77. The summed E-state index contributed by atoms with van der Waals surface area (Å²) in [5.41, 5.74) is 1.13. The summed E-state index contributed by atoms with van der Waals surface area (Å²) in [6.07, 6.45) is 7.02. The van der Waals surface area contributed by atoms with Gasteiger partial charge < -0.3 is 14.5 Å². The minimum Gasteiger partial charge on any atom is -0.469 e. The van der Waals surface area contributed by atoms with Gasteiger partial charge in [0.05, 0.1) is 19.3 Å². The van der Waals surface area contributed by atoms with Crippen LogP contribution in [-0.4, -0.2) is 59.9 Å². The fourth-order valence-corrected chi connectivity index (χ4v) is 4.32. The molecule has 2 saturated heterocycles. The van der Waals surface area contributed by atoms with Crippen LogP contribution in [0.4, 0.5) is 0 Å². The Hall–Kier alpha value is -1.95. The van der Waals surface area contributed by atoms with Crippen molar-refractivity contribution in [3.8, 4) is 0 Å². The van der Waals surface area contributed by atoms with Crippen LogP contribution in [0, 0.1) is 5.41 Å². The molecule has 1 spiro atoms. The van der Waals surface area contributed by atoms with Gasteiger partial charge in [-0.1, -0.05) is 6.07 Å². The molecular formula is C20H29N3O3. The average Bonchev–Trinajstić information content (AvgIpc) is 2.66. The van der Waals surface area contributed by atoms with Crippen LogP contribution in [0.5, 0.6) is 0 Å². The van der Waals surface area contributed by atoms with E-state index in [9.17, 15) is 9.59 Å². The first-order valence-corrected chi connectivity index (χ1v) is 9.57. The van der Waals surface area contributed by atoms with Gasteiger partial charge in [0, 0.05) is 37.5 Å². The topological polar surface area (TPSA) is 62.7 Å². The van der Waals surface area contributed by atoms with E-state index in [2.05, 4.69) is 9.88 Å². The van der Waals surface area contributed by atoms with Crippen molar-refractivity contribution < 1.29 is 14.3 Å². The van der Waals surface area contributed by atoms with Crippen LogP contribution in [0.25, 0.3) is 0 Å². The summed E-state index contributed by atoms with van der Waals surface area (Å²) in [4.78, 5) is 32.6. The van der Waals surface area contributed by atoms with Gasteiger partial charge in [0.1, 0.15) is 0 Å². The van der Waals surface area contributed by atoms with Crippen LogP contribution in [-0.2, 0) is 20.9 Å². The van der Waals surface area contributed by atoms with Gasteiger partial charge in [-0.3, -0.25) is 14.6 Å². The summed E-state index contributed by atoms with van der Waals surface area (Å²) in [6, 6.07) is 5.85. The fraction of sp³-hybridized carbons (Fsp3) is 0.650. The van der Waals surface area contributed by atoms with E-state index in [0.29, 0.717) is 19.4 Å². The Morgan fingerprint density at radius 3 is 2.96 bits per heavy atom. The zero-order valence-electron chi connectivity index (χ0n) is 15.7. The molecule has 142 valence electrons. The molecule has 0 bridgehead atoms. The van der Waals surface area contributed by atoms with Crippen molar-refractivity contribution >= 4 is 11.9 Å².